The third-order valence-electron chi connectivity index (χ3n) is 4.81. The van der Waals surface area contributed by atoms with E-state index in [1.807, 2.05) is 30.3 Å². The highest BCUT2D eigenvalue weighted by Crippen LogP contribution is 2.29. The van der Waals surface area contributed by atoms with Crippen LogP contribution in [0, 0.1) is 17.5 Å². The number of anilines is 2. The van der Waals surface area contributed by atoms with E-state index in [2.05, 4.69) is 20.2 Å². The first kappa shape index (κ1) is 19.2. The van der Waals surface area contributed by atoms with E-state index in [1.165, 1.54) is 0 Å². The molecule has 3 aromatic rings. The van der Waals surface area contributed by atoms with E-state index in [1.54, 1.807) is 12.3 Å². The molecule has 0 radical (unpaired) electrons. The summed E-state index contributed by atoms with van der Waals surface area (Å²) in [4.78, 5) is 10.7. The fourth-order valence-corrected chi connectivity index (χ4v) is 3.32. The smallest absolute Gasteiger partial charge is 0.224 e. The van der Waals surface area contributed by atoms with Gasteiger partial charge in [-0.25, -0.2) is 18.2 Å². The van der Waals surface area contributed by atoms with E-state index in [-0.39, 0.29) is 18.5 Å². The summed E-state index contributed by atoms with van der Waals surface area (Å²) in [5, 5.41) is 2.78. The van der Waals surface area contributed by atoms with Crippen molar-refractivity contribution in [2.24, 2.45) is 0 Å². The van der Waals surface area contributed by atoms with E-state index < -0.39 is 23.0 Å². The Morgan fingerprint density at radius 2 is 1.83 bits per heavy atom. The van der Waals surface area contributed by atoms with Gasteiger partial charge in [0.2, 0.25) is 5.95 Å². The number of morpholine rings is 1. The van der Waals surface area contributed by atoms with Gasteiger partial charge in [-0.1, -0.05) is 30.3 Å². The maximum absolute atomic E-state index is 13.9. The predicted molar refractivity (Wildman–Crippen MR) is 103 cm³/mol. The second-order valence-electron chi connectivity index (χ2n) is 6.61. The molecule has 0 amide bonds. The molecule has 0 bridgehead atoms. The van der Waals surface area contributed by atoms with Crippen molar-refractivity contribution < 1.29 is 17.9 Å². The lowest BCUT2D eigenvalue weighted by Crippen LogP contribution is -2.40. The second-order valence-corrected chi connectivity index (χ2v) is 6.61. The zero-order chi connectivity index (χ0) is 20.2. The highest BCUT2D eigenvalue weighted by molar-refractivity contribution is 5.46. The van der Waals surface area contributed by atoms with Gasteiger partial charge < -0.3 is 15.0 Å². The summed E-state index contributed by atoms with van der Waals surface area (Å²) in [5.74, 6) is -2.28. The molecule has 0 saturated carbocycles. The lowest BCUT2D eigenvalue weighted by atomic mass is 10.1. The summed E-state index contributed by atoms with van der Waals surface area (Å²) >= 11 is 0. The summed E-state index contributed by atoms with van der Waals surface area (Å²) < 4.78 is 46.7. The van der Waals surface area contributed by atoms with Crippen LogP contribution in [0.5, 0.6) is 0 Å². The average Bonchev–Trinajstić information content (AvgIpc) is 2.77. The third-order valence-corrected chi connectivity index (χ3v) is 4.81. The molecular formula is C21H19F3N4O. The summed E-state index contributed by atoms with van der Waals surface area (Å²) in [6.45, 7) is 1.46. The molecule has 1 saturated heterocycles. The maximum atomic E-state index is 13.9. The molecule has 150 valence electrons. The maximum Gasteiger partial charge on any atom is 0.224 e. The summed E-state index contributed by atoms with van der Waals surface area (Å²) in [6.07, 6.45) is 1.57. The Hall–Kier alpha value is -3.13. The first-order chi connectivity index (χ1) is 14.1. The van der Waals surface area contributed by atoms with E-state index in [0.717, 1.165) is 17.7 Å². The van der Waals surface area contributed by atoms with Crippen molar-refractivity contribution in [3.8, 4) is 0 Å². The van der Waals surface area contributed by atoms with Gasteiger partial charge in [-0.3, -0.25) is 0 Å². The number of halogens is 3. The Morgan fingerprint density at radius 3 is 2.66 bits per heavy atom. The largest absolute Gasteiger partial charge is 0.377 e. The molecule has 1 aliphatic rings. The molecule has 29 heavy (non-hydrogen) atoms. The van der Waals surface area contributed by atoms with Crippen molar-refractivity contribution in [2.45, 2.75) is 12.6 Å². The summed E-state index contributed by atoms with van der Waals surface area (Å²) in [7, 11) is 0. The van der Waals surface area contributed by atoms with Crippen LogP contribution in [0.1, 0.15) is 17.2 Å². The van der Waals surface area contributed by atoms with E-state index in [0.29, 0.717) is 25.6 Å². The van der Waals surface area contributed by atoms with Crippen LogP contribution in [-0.4, -0.2) is 29.7 Å². The van der Waals surface area contributed by atoms with E-state index >= 15 is 0 Å². The van der Waals surface area contributed by atoms with E-state index in [4.69, 9.17) is 4.74 Å². The van der Waals surface area contributed by atoms with Gasteiger partial charge in [0.1, 0.15) is 11.6 Å². The Labute approximate surface area is 166 Å². The van der Waals surface area contributed by atoms with Crippen molar-refractivity contribution in [3.63, 3.8) is 0 Å². The van der Waals surface area contributed by atoms with Crippen molar-refractivity contribution in [3.05, 3.63) is 83.3 Å². The highest BCUT2D eigenvalue weighted by Gasteiger charge is 2.26. The molecule has 0 unspecified atom stereocenters. The predicted octanol–water partition coefficient (Wildman–Crippen LogP) is 4.08. The highest BCUT2D eigenvalue weighted by atomic mass is 19.2. The average molecular weight is 400 g/mol. The third kappa shape index (κ3) is 4.17. The molecule has 0 aliphatic carbocycles. The Bertz CT molecular complexity index is 987. The van der Waals surface area contributed by atoms with Crippen LogP contribution >= 0.6 is 0 Å². The first-order valence-corrected chi connectivity index (χ1v) is 9.22. The lowest BCUT2D eigenvalue weighted by Gasteiger charge is -2.36. The van der Waals surface area contributed by atoms with Gasteiger partial charge in [0.25, 0.3) is 0 Å². The fraction of sp³-hybridized carbons (Fsp3) is 0.238. The Balaban J connectivity index is 1.55. The number of ether oxygens (including phenoxy) is 1. The van der Waals surface area contributed by atoms with Gasteiger partial charge >= 0.3 is 0 Å². The zero-order valence-electron chi connectivity index (χ0n) is 15.5. The van der Waals surface area contributed by atoms with Crippen LogP contribution in [0.4, 0.5) is 24.9 Å². The summed E-state index contributed by atoms with van der Waals surface area (Å²) in [5.41, 5.74) is 0.705. The molecule has 4 rings (SSSR count). The van der Waals surface area contributed by atoms with E-state index in [9.17, 15) is 13.2 Å². The van der Waals surface area contributed by atoms with Crippen LogP contribution in [0.3, 0.4) is 0 Å². The van der Waals surface area contributed by atoms with Gasteiger partial charge in [-0.15, -0.1) is 0 Å². The molecular weight excluding hydrogens is 381 g/mol. The van der Waals surface area contributed by atoms with Crippen LogP contribution < -0.4 is 10.2 Å². The quantitative estimate of drug-likeness (QED) is 0.654. The van der Waals surface area contributed by atoms with Crippen LogP contribution in [0.15, 0.2) is 54.7 Å². The second kappa shape index (κ2) is 8.48. The fourth-order valence-electron chi connectivity index (χ4n) is 3.32. The topological polar surface area (TPSA) is 50.3 Å². The normalized spacial score (nSPS) is 16.7. The van der Waals surface area contributed by atoms with Gasteiger partial charge in [-0.05, 0) is 23.8 Å². The zero-order valence-corrected chi connectivity index (χ0v) is 15.5. The number of hydrogen-bond donors (Lipinski definition) is 1. The molecule has 8 heteroatoms. The van der Waals surface area contributed by atoms with Gasteiger partial charge in [0, 0.05) is 24.8 Å². The molecule has 1 atom stereocenters. The van der Waals surface area contributed by atoms with Gasteiger partial charge in [-0.2, -0.15) is 4.98 Å². The minimum absolute atomic E-state index is 0.00851. The minimum atomic E-state index is -1.22. The molecule has 2 heterocycles. The van der Waals surface area contributed by atoms with Crippen LogP contribution in [0.2, 0.25) is 0 Å². The summed E-state index contributed by atoms with van der Waals surface area (Å²) in [6, 6.07) is 13.4. The van der Waals surface area contributed by atoms with Crippen LogP contribution in [-0.2, 0) is 11.3 Å². The van der Waals surface area contributed by atoms with Crippen molar-refractivity contribution >= 4 is 11.8 Å². The SMILES string of the molecule is Fc1ccc(F)c(CNc2nccc(N3CCOC[C@@H]3c3ccccc3)n2)c1F. The Morgan fingerprint density at radius 1 is 1.03 bits per heavy atom. The monoisotopic (exact) mass is 400 g/mol. The van der Waals surface area contributed by atoms with Crippen molar-refractivity contribution in [1.29, 1.82) is 0 Å². The number of hydrogen-bond acceptors (Lipinski definition) is 5. The van der Waals surface area contributed by atoms with Gasteiger partial charge in [0.15, 0.2) is 11.6 Å². The first-order valence-electron chi connectivity index (χ1n) is 9.22. The molecule has 5 nitrogen and oxygen atoms in total. The molecule has 1 aliphatic heterocycles. The molecule has 1 fully saturated rings. The van der Waals surface area contributed by atoms with Crippen LogP contribution in [0.25, 0.3) is 0 Å². The lowest BCUT2D eigenvalue weighted by molar-refractivity contribution is 0.0937. The number of nitrogens with zero attached hydrogens (tertiary/aromatic N) is 3. The molecule has 1 aromatic heterocycles. The minimum Gasteiger partial charge on any atom is -0.377 e. The number of aromatic nitrogens is 2. The molecule has 1 N–H and O–H groups in total. The Kier molecular flexibility index (Phi) is 5.62. The van der Waals surface area contributed by atoms with Crippen molar-refractivity contribution in [1.82, 2.24) is 9.97 Å². The number of nitrogens with one attached hydrogen (secondary N) is 1. The standard InChI is InChI=1S/C21H19F3N4O/c22-16-6-7-17(23)20(24)15(16)12-26-21-25-9-8-19(27-21)28-10-11-29-13-18(28)14-4-2-1-3-5-14/h1-9,18H,10-13H2,(H,25,26,27)/t18-/m1/s1. The van der Waals surface area contributed by atoms with Gasteiger partial charge in [0.05, 0.1) is 19.3 Å². The number of benzene rings is 2. The van der Waals surface area contributed by atoms with Crippen molar-refractivity contribution in [2.75, 3.05) is 30.0 Å². The number of rotatable bonds is 5. The molecule has 0 spiro atoms. The molecule has 2 aromatic carbocycles.